The summed E-state index contributed by atoms with van der Waals surface area (Å²) in [5, 5.41) is 3.11. The minimum Gasteiger partial charge on any atom is -0.444 e. The second-order valence-electron chi connectivity index (χ2n) is 7.89. The first-order valence-corrected chi connectivity index (χ1v) is 10.8. The van der Waals surface area contributed by atoms with Crippen LogP contribution in [0.5, 0.6) is 0 Å². The van der Waals surface area contributed by atoms with E-state index in [4.69, 9.17) is 4.42 Å². The zero-order valence-corrected chi connectivity index (χ0v) is 17.7. The third-order valence-corrected chi connectivity index (χ3v) is 5.91. The Morgan fingerprint density at radius 2 is 1.81 bits per heavy atom. The van der Waals surface area contributed by atoms with E-state index in [1.165, 1.54) is 6.39 Å². The molecule has 4 rings (SSSR count). The highest BCUT2D eigenvalue weighted by molar-refractivity contribution is 5.94. The van der Waals surface area contributed by atoms with Crippen LogP contribution in [-0.2, 0) is 4.79 Å². The standard InChI is InChI=1S/C25H27N3O3/c1-2-22(18-6-4-3-5-7-18)25(30)28-14-12-21(13-15-28)27-24(29)20-10-8-19(9-11-20)23-16-26-17-31-23/h3-11,16-17,21-22H,2,12-15H2,1H3,(H,27,29). The van der Waals surface area contributed by atoms with Crippen LogP contribution in [-0.4, -0.2) is 40.8 Å². The van der Waals surface area contributed by atoms with Crippen LogP contribution in [0.25, 0.3) is 11.3 Å². The molecule has 1 fully saturated rings. The van der Waals surface area contributed by atoms with Crippen LogP contribution in [0.3, 0.4) is 0 Å². The largest absolute Gasteiger partial charge is 0.444 e. The van der Waals surface area contributed by atoms with E-state index in [9.17, 15) is 9.59 Å². The zero-order chi connectivity index (χ0) is 21.6. The molecule has 6 nitrogen and oxygen atoms in total. The maximum Gasteiger partial charge on any atom is 0.251 e. The predicted octanol–water partition coefficient (Wildman–Crippen LogP) is 4.26. The molecule has 1 atom stereocenters. The van der Waals surface area contributed by atoms with Crippen molar-refractivity contribution >= 4 is 11.8 Å². The van der Waals surface area contributed by atoms with Gasteiger partial charge in [-0.3, -0.25) is 9.59 Å². The predicted molar refractivity (Wildman–Crippen MR) is 118 cm³/mol. The van der Waals surface area contributed by atoms with Crippen LogP contribution in [0, 0.1) is 0 Å². The Morgan fingerprint density at radius 1 is 1.10 bits per heavy atom. The molecule has 0 radical (unpaired) electrons. The van der Waals surface area contributed by atoms with Crippen LogP contribution in [0.2, 0.25) is 0 Å². The van der Waals surface area contributed by atoms with Gasteiger partial charge in [0.25, 0.3) is 5.91 Å². The van der Waals surface area contributed by atoms with Crippen molar-refractivity contribution in [1.29, 1.82) is 0 Å². The Labute approximate surface area is 182 Å². The second-order valence-corrected chi connectivity index (χ2v) is 7.89. The number of hydrogen-bond donors (Lipinski definition) is 1. The number of rotatable bonds is 6. The van der Waals surface area contributed by atoms with Gasteiger partial charge in [-0.15, -0.1) is 0 Å². The summed E-state index contributed by atoms with van der Waals surface area (Å²) in [5.74, 6) is 0.659. The number of aromatic nitrogens is 1. The fourth-order valence-electron chi connectivity index (χ4n) is 4.12. The van der Waals surface area contributed by atoms with E-state index in [1.807, 2.05) is 47.4 Å². The number of piperidine rings is 1. The molecule has 1 aromatic heterocycles. The average molecular weight is 418 g/mol. The molecule has 1 N–H and O–H groups in total. The average Bonchev–Trinajstić information content (AvgIpc) is 3.36. The van der Waals surface area contributed by atoms with E-state index in [-0.39, 0.29) is 23.8 Å². The van der Waals surface area contributed by atoms with E-state index in [0.29, 0.717) is 24.4 Å². The lowest BCUT2D eigenvalue weighted by Gasteiger charge is -2.34. The van der Waals surface area contributed by atoms with Crippen molar-refractivity contribution in [1.82, 2.24) is 15.2 Å². The Morgan fingerprint density at radius 3 is 2.42 bits per heavy atom. The highest BCUT2D eigenvalue weighted by atomic mass is 16.3. The number of carbonyl (C=O) groups is 2. The molecule has 0 bridgehead atoms. The van der Waals surface area contributed by atoms with Crippen LogP contribution < -0.4 is 5.32 Å². The molecule has 2 heterocycles. The summed E-state index contributed by atoms with van der Waals surface area (Å²) in [6.45, 7) is 3.38. The van der Waals surface area contributed by atoms with Crippen molar-refractivity contribution in [3.05, 3.63) is 78.3 Å². The number of benzene rings is 2. The van der Waals surface area contributed by atoms with Gasteiger partial charge in [0.2, 0.25) is 5.91 Å². The molecule has 0 spiro atoms. The Hall–Kier alpha value is -3.41. The van der Waals surface area contributed by atoms with Crippen LogP contribution >= 0.6 is 0 Å². The van der Waals surface area contributed by atoms with Gasteiger partial charge in [0.05, 0.1) is 12.1 Å². The van der Waals surface area contributed by atoms with Gasteiger partial charge in [0.1, 0.15) is 0 Å². The maximum atomic E-state index is 13.0. The molecule has 1 aliphatic heterocycles. The Balaban J connectivity index is 1.30. The smallest absolute Gasteiger partial charge is 0.251 e. The summed E-state index contributed by atoms with van der Waals surface area (Å²) in [6, 6.07) is 17.3. The monoisotopic (exact) mass is 417 g/mol. The fourth-order valence-corrected chi connectivity index (χ4v) is 4.12. The summed E-state index contributed by atoms with van der Waals surface area (Å²) in [4.78, 5) is 31.5. The molecule has 1 saturated heterocycles. The summed E-state index contributed by atoms with van der Waals surface area (Å²) < 4.78 is 5.28. The highest BCUT2D eigenvalue weighted by Crippen LogP contribution is 2.24. The number of oxazole rings is 1. The lowest BCUT2D eigenvalue weighted by atomic mass is 9.93. The molecule has 3 aromatic rings. The Bertz CT molecular complexity index is 992. The van der Waals surface area contributed by atoms with Gasteiger partial charge in [-0.05, 0) is 37.0 Å². The maximum absolute atomic E-state index is 13.0. The summed E-state index contributed by atoms with van der Waals surface area (Å²) >= 11 is 0. The van der Waals surface area contributed by atoms with E-state index < -0.39 is 0 Å². The van der Waals surface area contributed by atoms with Crippen LogP contribution in [0.15, 0.2) is 71.6 Å². The van der Waals surface area contributed by atoms with Crippen molar-refractivity contribution in [2.75, 3.05) is 13.1 Å². The highest BCUT2D eigenvalue weighted by Gasteiger charge is 2.28. The molecule has 1 aliphatic rings. The second kappa shape index (κ2) is 9.60. The number of nitrogens with zero attached hydrogens (tertiary/aromatic N) is 2. The lowest BCUT2D eigenvalue weighted by Crippen LogP contribution is -2.47. The molecular weight excluding hydrogens is 390 g/mol. The van der Waals surface area contributed by atoms with Crippen LogP contribution in [0.1, 0.15) is 48.0 Å². The quantitative estimate of drug-likeness (QED) is 0.650. The van der Waals surface area contributed by atoms with Crippen molar-refractivity contribution in [3.8, 4) is 11.3 Å². The minimum atomic E-state index is -0.102. The van der Waals surface area contributed by atoms with Gasteiger partial charge in [0.15, 0.2) is 12.2 Å². The molecule has 6 heteroatoms. The van der Waals surface area contributed by atoms with Gasteiger partial charge in [0, 0.05) is 30.3 Å². The Kier molecular flexibility index (Phi) is 6.46. The topological polar surface area (TPSA) is 75.4 Å². The van der Waals surface area contributed by atoms with Gasteiger partial charge < -0.3 is 14.6 Å². The minimum absolute atomic E-state index is 0.0716. The van der Waals surface area contributed by atoms with E-state index in [1.54, 1.807) is 18.3 Å². The molecule has 2 amide bonds. The first-order valence-electron chi connectivity index (χ1n) is 10.8. The lowest BCUT2D eigenvalue weighted by molar-refractivity contribution is -0.134. The molecule has 0 saturated carbocycles. The molecule has 2 aromatic carbocycles. The summed E-state index contributed by atoms with van der Waals surface area (Å²) in [5.41, 5.74) is 2.56. The first kappa shape index (κ1) is 20.8. The van der Waals surface area contributed by atoms with E-state index in [0.717, 1.165) is 30.4 Å². The normalized spacial score (nSPS) is 15.5. The van der Waals surface area contributed by atoms with Crippen molar-refractivity contribution < 1.29 is 14.0 Å². The number of nitrogens with one attached hydrogen (secondary N) is 1. The van der Waals surface area contributed by atoms with Gasteiger partial charge in [-0.2, -0.15) is 0 Å². The van der Waals surface area contributed by atoms with Crippen molar-refractivity contribution in [2.45, 2.75) is 38.1 Å². The molecule has 31 heavy (non-hydrogen) atoms. The van der Waals surface area contributed by atoms with E-state index >= 15 is 0 Å². The van der Waals surface area contributed by atoms with Crippen molar-refractivity contribution in [3.63, 3.8) is 0 Å². The van der Waals surface area contributed by atoms with Gasteiger partial charge in [-0.25, -0.2) is 4.98 Å². The SMILES string of the molecule is CCC(C(=O)N1CCC(NC(=O)c2ccc(-c3cnco3)cc2)CC1)c1ccccc1. The number of carbonyl (C=O) groups excluding carboxylic acids is 2. The van der Waals surface area contributed by atoms with Gasteiger partial charge in [-0.1, -0.05) is 49.4 Å². The third-order valence-electron chi connectivity index (χ3n) is 5.91. The van der Waals surface area contributed by atoms with Gasteiger partial charge >= 0.3 is 0 Å². The zero-order valence-electron chi connectivity index (χ0n) is 17.7. The fraction of sp³-hybridized carbons (Fsp3) is 0.320. The molecule has 1 unspecified atom stereocenters. The number of hydrogen-bond acceptors (Lipinski definition) is 4. The number of amides is 2. The molecule has 160 valence electrons. The third kappa shape index (κ3) is 4.85. The van der Waals surface area contributed by atoms with E-state index in [2.05, 4.69) is 17.2 Å². The summed E-state index contributed by atoms with van der Waals surface area (Å²) in [6.07, 6.45) is 5.34. The van der Waals surface area contributed by atoms with Crippen LogP contribution in [0.4, 0.5) is 0 Å². The first-order chi connectivity index (χ1) is 15.2. The van der Waals surface area contributed by atoms with Crippen molar-refractivity contribution in [2.24, 2.45) is 0 Å². The number of likely N-dealkylation sites (tertiary alicyclic amines) is 1. The molecule has 0 aliphatic carbocycles. The summed E-state index contributed by atoms with van der Waals surface area (Å²) in [7, 11) is 0. The molecular formula is C25H27N3O3.